The zero-order chi connectivity index (χ0) is 10.6. The highest BCUT2D eigenvalue weighted by molar-refractivity contribution is 5.93. The average molecular weight is 192 g/mol. The number of nitro groups is 1. The van der Waals surface area contributed by atoms with Crippen LogP contribution in [0.5, 0.6) is 0 Å². The van der Waals surface area contributed by atoms with Gasteiger partial charge in [0.2, 0.25) is 12.1 Å². The highest BCUT2D eigenvalue weighted by Gasteiger charge is 1.99. The van der Waals surface area contributed by atoms with E-state index in [9.17, 15) is 14.9 Å². The summed E-state index contributed by atoms with van der Waals surface area (Å²) in [6.45, 7) is 0. The molecule has 0 atom stereocenters. The number of hydrogen-bond acceptors (Lipinski definition) is 3. The molecule has 0 bridgehead atoms. The summed E-state index contributed by atoms with van der Waals surface area (Å²) in [5.41, 5.74) is 5.94. The predicted molar refractivity (Wildman–Crippen MR) is 51.0 cm³/mol. The van der Waals surface area contributed by atoms with Crippen LogP contribution in [0.3, 0.4) is 0 Å². The molecule has 0 radical (unpaired) electrons. The summed E-state index contributed by atoms with van der Waals surface area (Å²) in [5, 5.41) is 10.0. The molecule has 0 aliphatic carbocycles. The van der Waals surface area contributed by atoms with E-state index in [4.69, 9.17) is 5.73 Å². The predicted octanol–water partition coefficient (Wildman–Crippen LogP) is 1.03. The molecule has 14 heavy (non-hydrogen) atoms. The van der Waals surface area contributed by atoms with Crippen molar-refractivity contribution in [3.05, 3.63) is 51.7 Å². The highest BCUT2D eigenvalue weighted by Crippen LogP contribution is 2.06. The van der Waals surface area contributed by atoms with Crippen molar-refractivity contribution in [2.24, 2.45) is 5.73 Å². The molecule has 5 nitrogen and oxygen atoms in total. The smallest absolute Gasteiger partial charge is 0.248 e. The van der Waals surface area contributed by atoms with Gasteiger partial charge in [0.25, 0.3) is 0 Å². The van der Waals surface area contributed by atoms with Crippen LogP contribution in [0, 0.1) is 10.1 Å². The Morgan fingerprint density at radius 1 is 1.50 bits per heavy atom. The van der Waals surface area contributed by atoms with Crippen LogP contribution < -0.4 is 5.73 Å². The highest BCUT2D eigenvalue weighted by atomic mass is 16.6. The van der Waals surface area contributed by atoms with Crippen LogP contribution in [-0.4, -0.2) is 10.8 Å². The Balaban J connectivity index is 2.94. The molecule has 0 aromatic heterocycles. The SMILES string of the molecule is NC(=O)c1cccc(C=C[N+](=O)[O-])c1. The number of carbonyl (C=O) groups is 1. The summed E-state index contributed by atoms with van der Waals surface area (Å²) in [6.07, 6.45) is 2.10. The van der Waals surface area contributed by atoms with E-state index in [-0.39, 0.29) is 0 Å². The van der Waals surface area contributed by atoms with Crippen LogP contribution in [0.1, 0.15) is 15.9 Å². The maximum Gasteiger partial charge on any atom is 0.248 e. The molecule has 1 rings (SSSR count). The largest absolute Gasteiger partial charge is 0.366 e. The average Bonchev–Trinajstić information content (AvgIpc) is 2.15. The van der Waals surface area contributed by atoms with Gasteiger partial charge in [-0.2, -0.15) is 0 Å². The number of benzene rings is 1. The van der Waals surface area contributed by atoms with Crippen LogP contribution >= 0.6 is 0 Å². The number of nitrogens with zero attached hydrogens (tertiary/aromatic N) is 1. The molecule has 0 aliphatic rings. The number of hydrogen-bond donors (Lipinski definition) is 1. The molecule has 1 aromatic rings. The Hall–Kier alpha value is -2.17. The molecule has 0 saturated heterocycles. The Morgan fingerprint density at radius 3 is 2.79 bits per heavy atom. The van der Waals surface area contributed by atoms with Crippen molar-refractivity contribution >= 4 is 12.0 Å². The third-order valence-electron chi connectivity index (χ3n) is 1.56. The van der Waals surface area contributed by atoms with Crippen molar-refractivity contribution in [2.75, 3.05) is 0 Å². The molecule has 0 fully saturated rings. The van der Waals surface area contributed by atoms with E-state index in [1.807, 2.05) is 0 Å². The summed E-state index contributed by atoms with van der Waals surface area (Å²) in [4.78, 5) is 20.2. The molecule has 0 unspecified atom stereocenters. The second-order valence-corrected chi connectivity index (χ2v) is 2.59. The maximum absolute atomic E-state index is 10.8. The van der Waals surface area contributed by atoms with Gasteiger partial charge in [0.1, 0.15) is 0 Å². The first-order valence-corrected chi connectivity index (χ1v) is 3.81. The van der Waals surface area contributed by atoms with Gasteiger partial charge in [-0.05, 0) is 17.7 Å². The van der Waals surface area contributed by atoms with E-state index >= 15 is 0 Å². The van der Waals surface area contributed by atoms with Gasteiger partial charge in [-0.1, -0.05) is 12.1 Å². The fourth-order valence-corrected chi connectivity index (χ4v) is 0.943. The Kier molecular flexibility index (Phi) is 2.96. The monoisotopic (exact) mass is 192 g/mol. The van der Waals surface area contributed by atoms with Crippen molar-refractivity contribution < 1.29 is 9.72 Å². The standard InChI is InChI=1S/C9H8N2O3/c10-9(12)8-3-1-2-7(6-8)4-5-11(13)14/h1-6H,(H2,10,12). The Labute approximate surface area is 80.0 Å². The number of primary amides is 1. The molecule has 2 N–H and O–H groups in total. The van der Waals surface area contributed by atoms with E-state index < -0.39 is 10.8 Å². The van der Waals surface area contributed by atoms with E-state index in [0.29, 0.717) is 11.1 Å². The molecule has 72 valence electrons. The summed E-state index contributed by atoms with van der Waals surface area (Å²) >= 11 is 0. The molecular weight excluding hydrogens is 184 g/mol. The van der Waals surface area contributed by atoms with Crippen molar-refractivity contribution in [1.29, 1.82) is 0 Å². The van der Waals surface area contributed by atoms with Crippen LogP contribution in [0.2, 0.25) is 0 Å². The molecule has 0 aliphatic heterocycles. The maximum atomic E-state index is 10.8. The van der Waals surface area contributed by atoms with Crippen molar-refractivity contribution in [3.63, 3.8) is 0 Å². The van der Waals surface area contributed by atoms with E-state index in [2.05, 4.69) is 0 Å². The first kappa shape index (κ1) is 9.91. The zero-order valence-corrected chi connectivity index (χ0v) is 7.21. The Morgan fingerprint density at radius 2 is 2.21 bits per heavy atom. The normalized spacial score (nSPS) is 10.3. The fourth-order valence-electron chi connectivity index (χ4n) is 0.943. The minimum absolute atomic E-state index is 0.329. The van der Waals surface area contributed by atoms with Crippen LogP contribution in [-0.2, 0) is 0 Å². The van der Waals surface area contributed by atoms with Gasteiger partial charge in [-0.3, -0.25) is 14.9 Å². The molecule has 0 heterocycles. The fraction of sp³-hybridized carbons (Fsp3) is 0. The molecule has 1 aromatic carbocycles. The molecular formula is C9H8N2O3. The lowest BCUT2D eigenvalue weighted by Gasteiger charge is -1.95. The second-order valence-electron chi connectivity index (χ2n) is 2.59. The van der Waals surface area contributed by atoms with Gasteiger partial charge in [0.15, 0.2) is 0 Å². The molecule has 5 heteroatoms. The lowest BCUT2D eigenvalue weighted by Crippen LogP contribution is -2.10. The number of amides is 1. The third-order valence-corrected chi connectivity index (χ3v) is 1.56. The van der Waals surface area contributed by atoms with Gasteiger partial charge < -0.3 is 5.73 Å². The zero-order valence-electron chi connectivity index (χ0n) is 7.21. The van der Waals surface area contributed by atoms with Gasteiger partial charge in [0, 0.05) is 11.6 Å². The van der Waals surface area contributed by atoms with Crippen molar-refractivity contribution in [3.8, 4) is 0 Å². The summed E-state index contributed by atoms with van der Waals surface area (Å²) in [6, 6.07) is 6.29. The number of rotatable bonds is 3. The van der Waals surface area contributed by atoms with Crippen molar-refractivity contribution in [1.82, 2.24) is 0 Å². The summed E-state index contributed by atoms with van der Waals surface area (Å²) < 4.78 is 0. The second kappa shape index (κ2) is 4.18. The lowest BCUT2D eigenvalue weighted by molar-refractivity contribution is -0.400. The Bertz CT molecular complexity index is 399. The number of carbonyl (C=O) groups excluding carboxylic acids is 1. The molecule has 1 amide bonds. The molecule has 0 saturated carbocycles. The van der Waals surface area contributed by atoms with Gasteiger partial charge in [0.05, 0.1) is 4.92 Å². The topological polar surface area (TPSA) is 86.2 Å². The lowest BCUT2D eigenvalue weighted by atomic mass is 10.1. The van der Waals surface area contributed by atoms with Crippen LogP contribution in [0.15, 0.2) is 30.5 Å². The minimum atomic E-state index is -0.572. The molecule has 0 spiro atoms. The summed E-state index contributed by atoms with van der Waals surface area (Å²) in [5.74, 6) is -0.554. The first-order chi connectivity index (χ1) is 6.59. The third kappa shape index (κ3) is 2.71. The van der Waals surface area contributed by atoms with E-state index in [1.165, 1.54) is 12.1 Å². The van der Waals surface area contributed by atoms with E-state index in [0.717, 1.165) is 6.20 Å². The van der Waals surface area contributed by atoms with E-state index in [1.54, 1.807) is 18.2 Å². The number of nitrogens with two attached hydrogens (primary N) is 1. The minimum Gasteiger partial charge on any atom is -0.366 e. The van der Waals surface area contributed by atoms with Crippen LogP contribution in [0.4, 0.5) is 0 Å². The summed E-state index contributed by atoms with van der Waals surface area (Å²) in [7, 11) is 0. The van der Waals surface area contributed by atoms with Crippen LogP contribution in [0.25, 0.3) is 6.08 Å². The quantitative estimate of drug-likeness (QED) is 0.573. The van der Waals surface area contributed by atoms with Gasteiger partial charge in [-0.25, -0.2) is 0 Å². The van der Waals surface area contributed by atoms with Gasteiger partial charge >= 0.3 is 0 Å². The van der Waals surface area contributed by atoms with Crippen molar-refractivity contribution in [2.45, 2.75) is 0 Å². The first-order valence-electron chi connectivity index (χ1n) is 3.81. The van der Waals surface area contributed by atoms with Gasteiger partial charge in [-0.15, -0.1) is 0 Å².